The number of hydrogen-bond acceptors (Lipinski definition) is 0. The van der Waals surface area contributed by atoms with Crippen molar-refractivity contribution < 1.29 is 0 Å². The summed E-state index contributed by atoms with van der Waals surface area (Å²) in [7, 11) is 0. The van der Waals surface area contributed by atoms with Crippen LogP contribution in [-0.2, 0) is 11.8 Å². The lowest BCUT2D eigenvalue weighted by Gasteiger charge is -2.19. The van der Waals surface area contributed by atoms with Gasteiger partial charge < -0.3 is 0 Å². The normalized spacial score (nSPS) is 11.7. The second kappa shape index (κ2) is 7.87. The molecule has 0 unspecified atom stereocenters. The number of fused-ring (bicyclic) bond motifs is 1. The second-order valence-corrected chi connectivity index (χ2v) is 8.98. The average Bonchev–Trinajstić information content (AvgIpc) is 2.73. The minimum atomic E-state index is 0.179. The highest BCUT2D eigenvalue weighted by molar-refractivity contribution is 5.98. The van der Waals surface area contributed by atoms with E-state index in [1.165, 1.54) is 50.6 Å². The van der Waals surface area contributed by atoms with Gasteiger partial charge >= 0.3 is 0 Å². The molecule has 4 rings (SSSR count). The summed E-state index contributed by atoms with van der Waals surface area (Å²) in [5.41, 5.74) is 8.23. The third kappa shape index (κ3) is 3.98. The standard InChI is InChI=1S/C29H30/c1-5-9-21-10-6-7-12-26(21)24-16-19-28-23(20-24)11-8-13-27(28)22-14-17-25(18-15-22)29(2,3)4/h6-8,10-20H,5,9H2,1-4H3. The van der Waals surface area contributed by atoms with Crippen LogP contribution in [0.5, 0.6) is 0 Å². The van der Waals surface area contributed by atoms with E-state index in [2.05, 4.69) is 113 Å². The Morgan fingerprint density at radius 2 is 1.34 bits per heavy atom. The molecule has 146 valence electrons. The predicted octanol–water partition coefficient (Wildman–Crippen LogP) is 8.42. The number of rotatable bonds is 4. The maximum atomic E-state index is 2.34. The van der Waals surface area contributed by atoms with Gasteiger partial charge in [-0.1, -0.05) is 113 Å². The molecule has 0 heteroatoms. The lowest BCUT2D eigenvalue weighted by Crippen LogP contribution is -2.10. The fraction of sp³-hybridized carbons (Fsp3) is 0.241. The Kier molecular flexibility index (Phi) is 5.28. The first-order chi connectivity index (χ1) is 14.0. The van der Waals surface area contributed by atoms with E-state index >= 15 is 0 Å². The molecule has 0 nitrogen and oxygen atoms in total. The molecule has 0 N–H and O–H groups in total. The Labute approximate surface area is 175 Å². The van der Waals surface area contributed by atoms with E-state index in [1.54, 1.807) is 0 Å². The number of hydrogen-bond donors (Lipinski definition) is 0. The summed E-state index contributed by atoms with van der Waals surface area (Å²) < 4.78 is 0. The van der Waals surface area contributed by atoms with Crippen molar-refractivity contribution in [3.63, 3.8) is 0 Å². The molecule has 0 aliphatic rings. The summed E-state index contributed by atoms with van der Waals surface area (Å²) in [6, 6.07) is 31.4. The van der Waals surface area contributed by atoms with Crippen LogP contribution in [0.4, 0.5) is 0 Å². The molecule has 0 saturated heterocycles. The molecule has 0 atom stereocenters. The highest BCUT2D eigenvalue weighted by Gasteiger charge is 2.14. The Bertz CT molecular complexity index is 1120. The maximum absolute atomic E-state index is 2.34. The molecular weight excluding hydrogens is 348 g/mol. The quantitative estimate of drug-likeness (QED) is 0.334. The summed E-state index contributed by atoms with van der Waals surface area (Å²) in [5.74, 6) is 0. The maximum Gasteiger partial charge on any atom is -0.0105 e. The Morgan fingerprint density at radius 3 is 2.07 bits per heavy atom. The molecule has 0 heterocycles. The van der Waals surface area contributed by atoms with Crippen LogP contribution in [-0.4, -0.2) is 0 Å². The summed E-state index contributed by atoms with van der Waals surface area (Å²) in [5, 5.41) is 2.61. The summed E-state index contributed by atoms with van der Waals surface area (Å²) in [6.07, 6.45) is 2.29. The zero-order valence-corrected chi connectivity index (χ0v) is 18.0. The SMILES string of the molecule is CCCc1ccccc1-c1ccc2c(-c3ccc(C(C)(C)C)cc3)cccc2c1. The van der Waals surface area contributed by atoms with Gasteiger partial charge in [0, 0.05) is 0 Å². The topological polar surface area (TPSA) is 0 Å². The summed E-state index contributed by atoms with van der Waals surface area (Å²) >= 11 is 0. The fourth-order valence-electron chi connectivity index (χ4n) is 4.14. The Balaban J connectivity index is 1.78. The average molecular weight is 379 g/mol. The van der Waals surface area contributed by atoms with E-state index in [-0.39, 0.29) is 5.41 Å². The van der Waals surface area contributed by atoms with Crippen LogP contribution in [0.3, 0.4) is 0 Å². The molecule has 4 aromatic rings. The number of aryl methyl sites for hydroxylation is 1. The van der Waals surface area contributed by atoms with Gasteiger partial charge in [0.15, 0.2) is 0 Å². The zero-order chi connectivity index (χ0) is 20.4. The van der Waals surface area contributed by atoms with Crippen molar-refractivity contribution in [3.8, 4) is 22.3 Å². The first-order valence-electron chi connectivity index (χ1n) is 10.7. The number of benzene rings is 4. The first-order valence-corrected chi connectivity index (χ1v) is 10.7. The van der Waals surface area contributed by atoms with Gasteiger partial charge in [0.2, 0.25) is 0 Å². The minimum absolute atomic E-state index is 0.179. The van der Waals surface area contributed by atoms with Crippen molar-refractivity contribution >= 4 is 10.8 Å². The molecule has 0 aliphatic carbocycles. The molecule has 29 heavy (non-hydrogen) atoms. The van der Waals surface area contributed by atoms with E-state index in [4.69, 9.17) is 0 Å². The molecule has 0 aliphatic heterocycles. The molecule has 4 aromatic carbocycles. The second-order valence-electron chi connectivity index (χ2n) is 8.98. The van der Waals surface area contributed by atoms with Crippen molar-refractivity contribution in [2.45, 2.75) is 46.0 Å². The fourth-order valence-corrected chi connectivity index (χ4v) is 4.14. The zero-order valence-electron chi connectivity index (χ0n) is 18.0. The van der Waals surface area contributed by atoms with Crippen LogP contribution in [0.25, 0.3) is 33.0 Å². The third-order valence-corrected chi connectivity index (χ3v) is 5.79. The van der Waals surface area contributed by atoms with E-state index in [0.717, 1.165) is 6.42 Å². The van der Waals surface area contributed by atoms with Crippen LogP contribution in [0.1, 0.15) is 45.2 Å². The minimum Gasteiger partial charge on any atom is -0.0651 e. The van der Waals surface area contributed by atoms with Gasteiger partial charge in [0.1, 0.15) is 0 Å². The van der Waals surface area contributed by atoms with Crippen LogP contribution in [0, 0.1) is 0 Å². The molecule has 0 fully saturated rings. The summed E-state index contributed by atoms with van der Waals surface area (Å²) in [4.78, 5) is 0. The molecule has 0 bridgehead atoms. The van der Waals surface area contributed by atoms with Crippen LogP contribution in [0.2, 0.25) is 0 Å². The molecular formula is C29H30. The van der Waals surface area contributed by atoms with E-state index in [9.17, 15) is 0 Å². The van der Waals surface area contributed by atoms with E-state index in [0.29, 0.717) is 0 Å². The molecule has 0 spiro atoms. The van der Waals surface area contributed by atoms with Crippen molar-refractivity contribution in [2.75, 3.05) is 0 Å². The molecule has 0 amide bonds. The first kappa shape index (κ1) is 19.5. The van der Waals surface area contributed by atoms with Crippen LogP contribution in [0.15, 0.2) is 84.9 Å². The predicted molar refractivity (Wildman–Crippen MR) is 128 cm³/mol. The van der Waals surface area contributed by atoms with Crippen molar-refractivity contribution in [1.29, 1.82) is 0 Å². The Hall–Kier alpha value is -2.86. The smallest absolute Gasteiger partial charge is 0.0105 e. The van der Waals surface area contributed by atoms with Crippen LogP contribution < -0.4 is 0 Å². The van der Waals surface area contributed by atoms with Gasteiger partial charge in [0.25, 0.3) is 0 Å². The van der Waals surface area contributed by atoms with Crippen LogP contribution >= 0.6 is 0 Å². The Morgan fingerprint density at radius 1 is 0.655 bits per heavy atom. The van der Waals surface area contributed by atoms with E-state index < -0.39 is 0 Å². The lowest BCUT2D eigenvalue weighted by molar-refractivity contribution is 0.590. The van der Waals surface area contributed by atoms with Gasteiger partial charge in [-0.05, 0) is 62.1 Å². The molecule has 0 aromatic heterocycles. The van der Waals surface area contributed by atoms with Crippen molar-refractivity contribution in [1.82, 2.24) is 0 Å². The van der Waals surface area contributed by atoms with Crippen molar-refractivity contribution in [2.24, 2.45) is 0 Å². The highest BCUT2D eigenvalue weighted by Crippen LogP contribution is 2.34. The summed E-state index contributed by atoms with van der Waals surface area (Å²) in [6.45, 7) is 9.03. The van der Waals surface area contributed by atoms with Crippen molar-refractivity contribution in [3.05, 3.63) is 96.1 Å². The lowest BCUT2D eigenvalue weighted by atomic mass is 9.86. The van der Waals surface area contributed by atoms with Gasteiger partial charge in [-0.25, -0.2) is 0 Å². The van der Waals surface area contributed by atoms with Gasteiger partial charge in [-0.15, -0.1) is 0 Å². The largest absolute Gasteiger partial charge is 0.0651 e. The molecule has 0 radical (unpaired) electrons. The van der Waals surface area contributed by atoms with Gasteiger partial charge in [-0.3, -0.25) is 0 Å². The highest BCUT2D eigenvalue weighted by atomic mass is 14.2. The van der Waals surface area contributed by atoms with Gasteiger partial charge in [-0.2, -0.15) is 0 Å². The van der Waals surface area contributed by atoms with E-state index in [1.807, 2.05) is 0 Å². The van der Waals surface area contributed by atoms with Gasteiger partial charge in [0.05, 0.1) is 0 Å². The monoisotopic (exact) mass is 378 g/mol. The molecule has 0 saturated carbocycles. The third-order valence-electron chi connectivity index (χ3n) is 5.79.